The number of carbonyl (C=O) groups excluding carboxylic acids is 1. The summed E-state index contributed by atoms with van der Waals surface area (Å²) in [4.78, 5) is 14.9. The number of hydrogen-bond acceptors (Lipinski definition) is 3. The molecule has 1 aliphatic rings. The molecule has 0 aliphatic carbocycles. The Balaban J connectivity index is 2.08. The Hall–Kier alpha value is -0.480. The lowest BCUT2D eigenvalue weighted by atomic mass is 10.2. The third-order valence-electron chi connectivity index (χ3n) is 2.44. The van der Waals surface area contributed by atoms with Gasteiger partial charge in [-0.05, 0) is 25.3 Å². The van der Waals surface area contributed by atoms with Crippen molar-refractivity contribution in [3.05, 3.63) is 22.4 Å². The summed E-state index contributed by atoms with van der Waals surface area (Å²) in [6, 6.07) is 3.84. The fraction of sp³-hybridized carbons (Fsp3) is 0.545. The summed E-state index contributed by atoms with van der Waals surface area (Å²) < 4.78 is 0.200. The first kappa shape index (κ1) is 11.0. The second-order valence-corrected chi connectivity index (χ2v) is 7.06. The van der Waals surface area contributed by atoms with Crippen LogP contribution < -0.4 is 0 Å². The molecule has 2 nitrogen and oxygen atoms in total. The molecule has 0 N–H and O–H groups in total. The molecule has 4 heteroatoms. The summed E-state index contributed by atoms with van der Waals surface area (Å²) in [7, 11) is 0. The van der Waals surface area contributed by atoms with Gasteiger partial charge in [0.2, 0.25) is 0 Å². The number of thiophene rings is 1. The van der Waals surface area contributed by atoms with E-state index in [1.165, 1.54) is 11.3 Å². The molecular formula is C11H15NOS2. The van der Waals surface area contributed by atoms with Crippen LogP contribution in [0.4, 0.5) is 0 Å². The minimum Gasteiger partial charge on any atom is -0.336 e. The molecule has 0 radical (unpaired) electrons. The lowest BCUT2D eigenvalue weighted by molar-refractivity contribution is 0.0753. The first-order valence-corrected chi connectivity index (χ1v) is 6.92. The van der Waals surface area contributed by atoms with Crippen LogP contribution >= 0.6 is 23.1 Å². The fourth-order valence-electron chi connectivity index (χ4n) is 1.75. The van der Waals surface area contributed by atoms with Gasteiger partial charge in [-0.3, -0.25) is 4.79 Å². The number of hydrogen-bond donors (Lipinski definition) is 0. The monoisotopic (exact) mass is 241 g/mol. The van der Waals surface area contributed by atoms with Crippen molar-refractivity contribution in [3.8, 4) is 0 Å². The van der Waals surface area contributed by atoms with E-state index in [2.05, 4.69) is 13.8 Å². The highest BCUT2D eigenvalue weighted by molar-refractivity contribution is 8.00. The molecule has 1 amide bonds. The van der Waals surface area contributed by atoms with Gasteiger partial charge in [-0.25, -0.2) is 0 Å². The van der Waals surface area contributed by atoms with Crippen molar-refractivity contribution < 1.29 is 4.79 Å². The molecule has 2 rings (SSSR count). The van der Waals surface area contributed by atoms with E-state index >= 15 is 0 Å². The zero-order chi connectivity index (χ0) is 10.9. The Morgan fingerprint density at radius 1 is 1.53 bits per heavy atom. The van der Waals surface area contributed by atoms with Crippen LogP contribution in [0.25, 0.3) is 0 Å². The Kier molecular flexibility index (Phi) is 3.07. The van der Waals surface area contributed by atoms with E-state index in [9.17, 15) is 4.79 Å². The van der Waals surface area contributed by atoms with Gasteiger partial charge in [-0.15, -0.1) is 11.3 Å². The maximum Gasteiger partial charge on any atom is 0.263 e. The summed E-state index contributed by atoms with van der Waals surface area (Å²) in [5.41, 5.74) is 0. The number of thioether (sulfide) groups is 1. The third-order valence-corrected chi connectivity index (χ3v) is 4.60. The van der Waals surface area contributed by atoms with E-state index < -0.39 is 0 Å². The van der Waals surface area contributed by atoms with E-state index in [4.69, 9.17) is 0 Å². The Morgan fingerprint density at radius 3 is 2.93 bits per heavy atom. The van der Waals surface area contributed by atoms with Crippen molar-refractivity contribution in [1.29, 1.82) is 0 Å². The largest absolute Gasteiger partial charge is 0.336 e. The maximum absolute atomic E-state index is 12.1. The number of nitrogens with zero attached hydrogens (tertiary/aromatic N) is 1. The van der Waals surface area contributed by atoms with Crippen molar-refractivity contribution in [2.45, 2.75) is 18.6 Å². The van der Waals surface area contributed by atoms with Crippen LogP contribution in [0.3, 0.4) is 0 Å². The number of rotatable bonds is 1. The van der Waals surface area contributed by atoms with Gasteiger partial charge in [0.1, 0.15) is 0 Å². The summed E-state index contributed by atoms with van der Waals surface area (Å²) in [6.45, 7) is 6.14. The Labute approximate surface area is 98.7 Å². The maximum atomic E-state index is 12.1. The zero-order valence-electron chi connectivity index (χ0n) is 9.03. The lowest BCUT2D eigenvalue weighted by Gasteiger charge is -2.37. The molecule has 0 atom stereocenters. The third kappa shape index (κ3) is 2.55. The molecule has 0 spiro atoms. The second-order valence-electron chi connectivity index (χ2n) is 4.31. The number of carbonyl (C=O) groups is 1. The minimum atomic E-state index is 0.193. The Morgan fingerprint density at radius 2 is 2.33 bits per heavy atom. The molecule has 2 heterocycles. The van der Waals surface area contributed by atoms with Crippen LogP contribution in [-0.2, 0) is 0 Å². The van der Waals surface area contributed by atoms with E-state index in [-0.39, 0.29) is 10.7 Å². The van der Waals surface area contributed by atoms with Crippen molar-refractivity contribution in [3.63, 3.8) is 0 Å². The number of amides is 1. The van der Waals surface area contributed by atoms with Crippen LogP contribution in [0, 0.1) is 0 Å². The first-order chi connectivity index (χ1) is 7.08. The van der Waals surface area contributed by atoms with Gasteiger partial charge in [0.25, 0.3) is 5.91 Å². The second kappa shape index (κ2) is 4.18. The van der Waals surface area contributed by atoms with Crippen molar-refractivity contribution >= 4 is 29.0 Å². The molecule has 0 saturated carbocycles. The highest BCUT2D eigenvalue weighted by Gasteiger charge is 2.30. The molecule has 1 saturated heterocycles. The average Bonchev–Trinajstić information content (AvgIpc) is 2.67. The van der Waals surface area contributed by atoms with Crippen molar-refractivity contribution in [2.24, 2.45) is 0 Å². The molecule has 1 aromatic rings. The normalized spacial score (nSPS) is 20.3. The molecule has 0 aromatic carbocycles. The standard InChI is InChI=1S/C11H15NOS2/c1-11(2)8-12(5-7-15-11)10(13)9-4-3-6-14-9/h3-4,6H,5,7-8H2,1-2H3. The van der Waals surface area contributed by atoms with Gasteiger partial charge >= 0.3 is 0 Å². The minimum absolute atomic E-state index is 0.193. The zero-order valence-corrected chi connectivity index (χ0v) is 10.7. The molecule has 1 fully saturated rings. The summed E-state index contributed by atoms with van der Waals surface area (Å²) >= 11 is 3.48. The average molecular weight is 241 g/mol. The van der Waals surface area contributed by atoms with Gasteiger partial charge in [0.05, 0.1) is 4.88 Å². The fourth-order valence-corrected chi connectivity index (χ4v) is 3.55. The van der Waals surface area contributed by atoms with Gasteiger partial charge in [-0.1, -0.05) is 6.07 Å². The molecule has 1 aliphatic heterocycles. The van der Waals surface area contributed by atoms with E-state index in [1.807, 2.05) is 34.2 Å². The highest BCUT2D eigenvalue weighted by Crippen LogP contribution is 2.30. The SMILES string of the molecule is CC1(C)CN(C(=O)c2cccs2)CCS1. The topological polar surface area (TPSA) is 20.3 Å². The quantitative estimate of drug-likeness (QED) is 0.753. The molecule has 15 heavy (non-hydrogen) atoms. The van der Waals surface area contributed by atoms with E-state index in [1.54, 1.807) is 0 Å². The predicted molar refractivity (Wildman–Crippen MR) is 66.8 cm³/mol. The lowest BCUT2D eigenvalue weighted by Crippen LogP contribution is -2.45. The van der Waals surface area contributed by atoms with Crippen molar-refractivity contribution in [2.75, 3.05) is 18.8 Å². The summed E-state index contributed by atoms with van der Waals surface area (Å²) in [6.07, 6.45) is 0. The molecular weight excluding hydrogens is 226 g/mol. The highest BCUT2D eigenvalue weighted by atomic mass is 32.2. The van der Waals surface area contributed by atoms with E-state index in [0.717, 1.165) is 23.7 Å². The molecule has 0 unspecified atom stereocenters. The molecule has 0 bridgehead atoms. The van der Waals surface area contributed by atoms with E-state index in [0.29, 0.717) is 0 Å². The van der Waals surface area contributed by atoms with Crippen LogP contribution in [-0.4, -0.2) is 34.4 Å². The molecule has 82 valence electrons. The Bertz CT molecular complexity index is 345. The smallest absolute Gasteiger partial charge is 0.263 e. The first-order valence-electron chi connectivity index (χ1n) is 5.05. The van der Waals surface area contributed by atoms with Crippen LogP contribution in [0.5, 0.6) is 0 Å². The molecule has 1 aromatic heterocycles. The van der Waals surface area contributed by atoms with Gasteiger partial charge in [0, 0.05) is 23.6 Å². The van der Waals surface area contributed by atoms with Gasteiger partial charge < -0.3 is 4.90 Å². The van der Waals surface area contributed by atoms with Gasteiger partial charge in [0.15, 0.2) is 0 Å². The van der Waals surface area contributed by atoms with Crippen LogP contribution in [0.2, 0.25) is 0 Å². The predicted octanol–water partition coefficient (Wildman–Crippen LogP) is 2.72. The van der Waals surface area contributed by atoms with Crippen LogP contribution in [0.15, 0.2) is 17.5 Å². The van der Waals surface area contributed by atoms with Crippen molar-refractivity contribution in [1.82, 2.24) is 4.90 Å². The van der Waals surface area contributed by atoms with Gasteiger partial charge in [-0.2, -0.15) is 11.8 Å². The summed E-state index contributed by atoms with van der Waals surface area (Å²) in [5, 5.41) is 1.96. The summed E-state index contributed by atoms with van der Waals surface area (Å²) in [5.74, 6) is 1.24. The van der Waals surface area contributed by atoms with Crippen LogP contribution in [0.1, 0.15) is 23.5 Å².